The Kier molecular flexibility index (Phi) is 4.21. The Morgan fingerprint density at radius 1 is 1.54 bits per heavy atom. The topological polar surface area (TPSA) is 21.3 Å². The van der Waals surface area contributed by atoms with E-state index in [1.165, 1.54) is 19.2 Å². The zero-order valence-corrected chi connectivity index (χ0v) is 8.45. The molecule has 0 atom stereocenters. The van der Waals surface area contributed by atoms with Gasteiger partial charge in [0, 0.05) is 11.4 Å². The molecule has 0 radical (unpaired) electrons. The Hall–Kier alpha value is -0.580. The maximum Gasteiger partial charge on any atom is 0.123 e. The highest BCUT2D eigenvalue weighted by molar-refractivity contribution is 7.98. The maximum atomic E-state index is 12.8. The lowest BCUT2D eigenvalue weighted by atomic mass is 10.2. The van der Waals surface area contributed by atoms with Gasteiger partial charge in [-0.2, -0.15) is 5.48 Å². The number of hydrogen-bond donors (Lipinski definition) is 1. The lowest BCUT2D eigenvalue weighted by Crippen LogP contribution is -2.11. The summed E-state index contributed by atoms with van der Waals surface area (Å²) in [4.78, 5) is 5.76. The van der Waals surface area contributed by atoms with Crippen LogP contribution in [0.4, 0.5) is 4.39 Å². The van der Waals surface area contributed by atoms with Crippen molar-refractivity contribution >= 4 is 11.8 Å². The third-order valence-corrected chi connectivity index (χ3v) is 2.49. The van der Waals surface area contributed by atoms with Crippen molar-refractivity contribution in [1.29, 1.82) is 0 Å². The smallest absolute Gasteiger partial charge is 0.123 e. The molecule has 0 bridgehead atoms. The number of benzene rings is 1. The maximum absolute atomic E-state index is 12.8. The van der Waals surface area contributed by atoms with Crippen molar-refractivity contribution in [2.75, 3.05) is 13.4 Å². The van der Waals surface area contributed by atoms with E-state index in [4.69, 9.17) is 4.84 Å². The first-order chi connectivity index (χ1) is 6.27. The van der Waals surface area contributed by atoms with Crippen LogP contribution in [0.3, 0.4) is 0 Å². The Labute approximate surface area is 81.4 Å². The molecule has 0 amide bonds. The summed E-state index contributed by atoms with van der Waals surface area (Å²) in [6.07, 6.45) is 1.96. The standard InChI is InChI=1S/C9H12FNOS/c1-12-11-6-7-5-8(10)3-4-9(7)13-2/h3-5,11H,6H2,1-2H3. The molecule has 2 nitrogen and oxygen atoms in total. The fourth-order valence-corrected chi connectivity index (χ4v) is 1.63. The van der Waals surface area contributed by atoms with E-state index in [1.807, 2.05) is 6.26 Å². The second kappa shape index (κ2) is 5.21. The molecule has 4 heteroatoms. The van der Waals surface area contributed by atoms with Gasteiger partial charge in [0.25, 0.3) is 0 Å². The second-order valence-corrected chi connectivity index (χ2v) is 3.33. The number of rotatable bonds is 4. The summed E-state index contributed by atoms with van der Waals surface area (Å²) in [5.41, 5.74) is 3.60. The van der Waals surface area contributed by atoms with Crippen LogP contribution in [-0.2, 0) is 11.4 Å². The highest BCUT2D eigenvalue weighted by atomic mass is 32.2. The van der Waals surface area contributed by atoms with Crippen LogP contribution < -0.4 is 5.48 Å². The van der Waals surface area contributed by atoms with E-state index in [1.54, 1.807) is 17.8 Å². The van der Waals surface area contributed by atoms with Gasteiger partial charge in [-0.1, -0.05) is 0 Å². The summed E-state index contributed by atoms with van der Waals surface area (Å²) in [5.74, 6) is -0.217. The van der Waals surface area contributed by atoms with Crippen LogP contribution in [0.25, 0.3) is 0 Å². The third-order valence-electron chi connectivity index (χ3n) is 1.65. The molecule has 0 spiro atoms. The molecule has 0 saturated heterocycles. The molecule has 0 aliphatic rings. The van der Waals surface area contributed by atoms with E-state index in [2.05, 4.69) is 5.48 Å². The van der Waals surface area contributed by atoms with Gasteiger partial charge in [0.1, 0.15) is 5.82 Å². The highest BCUT2D eigenvalue weighted by Gasteiger charge is 2.02. The summed E-state index contributed by atoms with van der Waals surface area (Å²) in [7, 11) is 1.54. The molecule has 0 unspecified atom stereocenters. The van der Waals surface area contributed by atoms with Crippen LogP contribution in [0.5, 0.6) is 0 Å². The minimum atomic E-state index is -0.217. The average molecular weight is 201 g/mol. The molecule has 1 N–H and O–H groups in total. The zero-order chi connectivity index (χ0) is 9.68. The van der Waals surface area contributed by atoms with Gasteiger partial charge in [-0.15, -0.1) is 11.8 Å². The summed E-state index contributed by atoms with van der Waals surface area (Å²) in [6.45, 7) is 0.518. The Bertz CT molecular complexity index is 280. The van der Waals surface area contributed by atoms with Gasteiger partial charge in [0.15, 0.2) is 0 Å². The van der Waals surface area contributed by atoms with E-state index in [-0.39, 0.29) is 5.82 Å². The van der Waals surface area contributed by atoms with Crippen LogP contribution in [0, 0.1) is 5.82 Å². The van der Waals surface area contributed by atoms with Gasteiger partial charge in [-0.25, -0.2) is 4.39 Å². The van der Waals surface area contributed by atoms with Gasteiger partial charge >= 0.3 is 0 Å². The highest BCUT2D eigenvalue weighted by Crippen LogP contribution is 2.20. The normalized spacial score (nSPS) is 10.4. The molecule has 0 aromatic heterocycles. The molecule has 1 rings (SSSR count). The van der Waals surface area contributed by atoms with Crippen molar-refractivity contribution in [2.24, 2.45) is 0 Å². The van der Waals surface area contributed by atoms with E-state index < -0.39 is 0 Å². The molecule has 0 saturated carbocycles. The van der Waals surface area contributed by atoms with Gasteiger partial charge in [0.05, 0.1) is 7.11 Å². The van der Waals surface area contributed by atoms with Crippen LogP contribution in [0.1, 0.15) is 5.56 Å². The Morgan fingerprint density at radius 2 is 2.31 bits per heavy atom. The van der Waals surface area contributed by atoms with Crippen molar-refractivity contribution in [3.8, 4) is 0 Å². The molecule has 13 heavy (non-hydrogen) atoms. The van der Waals surface area contributed by atoms with Gasteiger partial charge in [0.2, 0.25) is 0 Å². The number of nitrogens with one attached hydrogen (secondary N) is 1. The molecule has 0 fully saturated rings. The van der Waals surface area contributed by atoms with E-state index in [0.29, 0.717) is 6.54 Å². The minimum absolute atomic E-state index is 0.217. The molecule has 0 aliphatic carbocycles. The molecular weight excluding hydrogens is 189 g/mol. The number of hydroxylamine groups is 1. The predicted molar refractivity (Wildman–Crippen MR) is 52.0 cm³/mol. The van der Waals surface area contributed by atoms with Crippen molar-refractivity contribution < 1.29 is 9.23 Å². The van der Waals surface area contributed by atoms with E-state index >= 15 is 0 Å². The fourth-order valence-electron chi connectivity index (χ4n) is 1.04. The summed E-state index contributed by atoms with van der Waals surface area (Å²) in [6, 6.07) is 4.74. The minimum Gasteiger partial charge on any atom is -0.305 e. The average Bonchev–Trinajstić information content (AvgIpc) is 2.15. The monoisotopic (exact) mass is 201 g/mol. The second-order valence-electron chi connectivity index (χ2n) is 2.48. The molecule has 1 aromatic rings. The van der Waals surface area contributed by atoms with Gasteiger partial charge in [-0.3, -0.25) is 0 Å². The lowest BCUT2D eigenvalue weighted by Gasteiger charge is -2.07. The Morgan fingerprint density at radius 3 is 2.92 bits per heavy atom. The van der Waals surface area contributed by atoms with Gasteiger partial charge in [-0.05, 0) is 30.0 Å². The van der Waals surface area contributed by atoms with Crippen molar-refractivity contribution in [3.05, 3.63) is 29.6 Å². The van der Waals surface area contributed by atoms with Crippen molar-refractivity contribution in [2.45, 2.75) is 11.4 Å². The van der Waals surface area contributed by atoms with E-state index in [0.717, 1.165) is 10.5 Å². The molecule has 0 aliphatic heterocycles. The quantitative estimate of drug-likeness (QED) is 0.596. The van der Waals surface area contributed by atoms with Crippen molar-refractivity contribution in [3.63, 3.8) is 0 Å². The number of hydrogen-bond acceptors (Lipinski definition) is 3. The predicted octanol–water partition coefficient (Wildman–Crippen LogP) is 2.20. The van der Waals surface area contributed by atoms with Crippen LogP contribution in [-0.4, -0.2) is 13.4 Å². The lowest BCUT2D eigenvalue weighted by molar-refractivity contribution is 0.0861. The van der Waals surface area contributed by atoms with E-state index in [9.17, 15) is 4.39 Å². The molecular formula is C9H12FNOS. The van der Waals surface area contributed by atoms with Crippen LogP contribution in [0.15, 0.2) is 23.1 Å². The summed E-state index contributed by atoms with van der Waals surface area (Å²) >= 11 is 1.59. The molecule has 72 valence electrons. The van der Waals surface area contributed by atoms with Crippen molar-refractivity contribution in [1.82, 2.24) is 5.48 Å². The summed E-state index contributed by atoms with van der Waals surface area (Å²) < 4.78 is 12.8. The molecule has 1 aromatic carbocycles. The van der Waals surface area contributed by atoms with Crippen LogP contribution in [0.2, 0.25) is 0 Å². The zero-order valence-electron chi connectivity index (χ0n) is 7.63. The first kappa shape index (κ1) is 10.5. The first-order valence-corrected chi connectivity index (χ1v) is 5.08. The number of halogens is 1. The third kappa shape index (κ3) is 2.99. The number of thioether (sulfide) groups is 1. The molecule has 0 heterocycles. The van der Waals surface area contributed by atoms with Crippen LogP contribution >= 0.6 is 11.8 Å². The summed E-state index contributed by atoms with van der Waals surface area (Å²) in [5, 5.41) is 0. The fraction of sp³-hybridized carbons (Fsp3) is 0.333. The first-order valence-electron chi connectivity index (χ1n) is 3.86. The van der Waals surface area contributed by atoms with Gasteiger partial charge < -0.3 is 4.84 Å². The SMILES string of the molecule is CONCc1cc(F)ccc1SC. The largest absolute Gasteiger partial charge is 0.305 e. The Balaban J connectivity index is 2.81.